The third kappa shape index (κ3) is 1.96. The Morgan fingerprint density at radius 3 is 2.04 bits per heavy atom. The molecule has 4 aliphatic rings. The van der Waals surface area contributed by atoms with Crippen molar-refractivity contribution in [1.82, 2.24) is 9.80 Å². The van der Waals surface area contributed by atoms with Crippen LogP contribution in [0.4, 0.5) is 0 Å². The van der Waals surface area contributed by atoms with Gasteiger partial charge in [-0.15, -0.1) is 0 Å². The molecule has 0 N–H and O–H groups in total. The zero-order chi connectivity index (χ0) is 18.2. The summed E-state index contributed by atoms with van der Waals surface area (Å²) < 4.78 is 0. The molecule has 2 heterocycles. The van der Waals surface area contributed by atoms with Crippen LogP contribution in [-0.2, 0) is 19.2 Å². The molecule has 0 spiro atoms. The van der Waals surface area contributed by atoms with Crippen LogP contribution in [0, 0.1) is 29.6 Å². The number of carbonyl (C=O) groups excluding carboxylic acids is 4. The van der Waals surface area contributed by atoms with Gasteiger partial charge in [0.25, 0.3) is 0 Å². The number of imide groups is 2. The third-order valence-corrected chi connectivity index (χ3v) is 6.63. The van der Waals surface area contributed by atoms with Crippen LogP contribution in [0.5, 0.6) is 0 Å². The number of amides is 4. The quantitative estimate of drug-likeness (QED) is 0.670. The monoisotopic (exact) mass is 342 g/mol. The second-order valence-electron chi connectivity index (χ2n) is 7.85. The van der Waals surface area contributed by atoms with E-state index in [0.717, 1.165) is 16.7 Å². The molecule has 6 nitrogen and oxygen atoms in total. The van der Waals surface area contributed by atoms with E-state index in [9.17, 15) is 19.2 Å². The zero-order valence-electron chi connectivity index (χ0n) is 14.7. The van der Waals surface area contributed by atoms with E-state index >= 15 is 0 Å². The molecule has 0 aromatic carbocycles. The molecular formula is C19H22N2O4. The van der Waals surface area contributed by atoms with E-state index in [0.29, 0.717) is 19.3 Å². The number of allylic oxidation sites excluding steroid dienone is 3. The van der Waals surface area contributed by atoms with Gasteiger partial charge in [0.05, 0.1) is 23.7 Å². The van der Waals surface area contributed by atoms with E-state index in [1.807, 2.05) is 6.92 Å². The number of likely N-dealkylation sites (tertiary alicyclic amines) is 2. The summed E-state index contributed by atoms with van der Waals surface area (Å²) >= 11 is 0. The van der Waals surface area contributed by atoms with Crippen LogP contribution < -0.4 is 0 Å². The molecule has 2 saturated heterocycles. The molecule has 0 bridgehead atoms. The van der Waals surface area contributed by atoms with E-state index in [4.69, 9.17) is 0 Å². The van der Waals surface area contributed by atoms with Crippen LogP contribution in [0.25, 0.3) is 0 Å². The lowest BCUT2D eigenvalue weighted by molar-refractivity contribution is -0.140. The van der Waals surface area contributed by atoms with Crippen molar-refractivity contribution < 1.29 is 19.2 Å². The summed E-state index contributed by atoms with van der Waals surface area (Å²) in [7, 11) is 3.06. The Bertz CT molecular complexity index is 780. The minimum Gasteiger partial charge on any atom is -0.285 e. The van der Waals surface area contributed by atoms with Gasteiger partial charge in [0.15, 0.2) is 0 Å². The van der Waals surface area contributed by atoms with Gasteiger partial charge in [0, 0.05) is 14.1 Å². The first-order chi connectivity index (χ1) is 11.7. The van der Waals surface area contributed by atoms with Crippen LogP contribution in [0.2, 0.25) is 0 Å². The Hall–Kier alpha value is -2.24. The highest BCUT2D eigenvalue weighted by Crippen LogP contribution is 2.54. The Morgan fingerprint density at radius 2 is 1.40 bits per heavy atom. The topological polar surface area (TPSA) is 74.8 Å². The van der Waals surface area contributed by atoms with Crippen LogP contribution >= 0.6 is 0 Å². The molecule has 0 radical (unpaired) electrons. The Balaban J connectivity index is 1.81. The smallest absolute Gasteiger partial charge is 0.233 e. The maximum Gasteiger partial charge on any atom is 0.233 e. The van der Waals surface area contributed by atoms with Crippen LogP contribution in [0.1, 0.15) is 26.2 Å². The first kappa shape index (κ1) is 16.2. The van der Waals surface area contributed by atoms with Crippen molar-refractivity contribution in [3.05, 3.63) is 23.3 Å². The Morgan fingerprint density at radius 1 is 0.840 bits per heavy atom. The molecule has 4 rings (SSSR count). The summed E-state index contributed by atoms with van der Waals surface area (Å²) in [5.74, 6) is -2.18. The maximum atomic E-state index is 12.7. The maximum absolute atomic E-state index is 12.7. The average molecular weight is 342 g/mol. The predicted octanol–water partition coefficient (Wildman–Crippen LogP) is 1.13. The van der Waals surface area contributed by atoms with E-state index in [1.54, 1.807) is 0 Å². The zero-order valence-corrected chi connectivity index (χ0v) is 14.7. The van der Waals surface area contributed by atoms with E-state index in [1.165, 1.54) is 23.9 Å². The molecule has 2 aliphatic carbocycles. The van der Waals surface area contributed by atoms with Gasteiger partial charge in [-0.05, 0) is 37.7 Å². The highest BCUT2D eigenvalue weighted by molar-refractivity contribution is 6.07. The molecular weight excluding hydrogens is 320 g/mol. The SMILES string of the molecule is C=C(C)C1=C2C[C@@H]3C(=O)N(C)C(=O)[C@@H]3C[C@H]2[C@H]2C(=O)N(C)C(=O)[C@H]2C1. The molecule has 3 fully saturated rings. The summed E-state index contributed by atoms with van der Waals surface area (Å²) in [5, 5.41) is 0. The van der Waals surface area contributed by atoms with Crippen LogP contribution in [-0.4, -0.2) is 47.5 Å². The van der Waals surface area contributed by atoms with Crippen molar-refractivity contribution in [2.45, 2.75) is 26.2 Å². The first-order valence-corrected chi connectivity index (χ1v) is 8.74. The lowest BCUT2D eigenvalue weighted by Crippen LogP contribution is -2.40. The van der Waals surface area contributed by atoms with E-state index in [-0.39, 0.29) is 47.3 Å². The summed E-state index contributed by atoms with van der Waals surface area (Å²) in [6.45, 7) is 5.96. The molecule has 0 aromatic heterocycles. The standard InChI is InChI=1S/C19H22N2O4/c1-8(2)9-5-14-15(19(25)21(4)18(14)24)11-7-13-12(6-10(9)11)16(22)20(3)17(13)23/h11-15H,1,5-7H2,2-4H3/t11-,12+,13-,14+,15-/m1/s1. The predicted molar refractivity (Wildman–Crippen MR) is 88.7 cm³/mol. The number of hydrogen-bond acceptors (Lipinski definition) is 4. The van der Waals surface area contributed by atoms with Gasteiger partial charge in [0.2, 0.25) is 23.6 Å². The summed E-state index contributed by atoms with van der Waals surface area (Å²) in [6, 6.07) is 0. The first-order valence-electron chi connectivity index (χ1n) is 8.74. The molecule has 0 unspecified atom stereocenters. The van der Waals surface area contributed by atoms with Gasteiger partial charge in [-0.2, -0.15) is 0 Å². The average Bonchev–Trinajstić information content (AvgIpc) is 2.93. The number of fused-ring (bicyclic) bond motifs is 4. The summed E-state index contributed by atoms with van der Waals surface area (Å²) in [6.07, 6.45) is 1.48. The minimum atomic E-state index is -0.398. The lowest BCUT2D eigenvalue weighted by atomic mass is 9.60. The minimum absolute atomic E-state index is 0.130. The van der Waals surface area contributed by atoms with Crippen molar-refractivity contribution in [2.75, 3.05) is 14.1 Å². The fraction of sp³-hybridized carbons (Fsp3) is 0.579. The molecule has 4 amide bonds. The van der Waals surface area contributed by atoms with Crippen molar-refractivity contribution in [3.63, 3.8) is 0 Å². The molecule has 2 aliphatic heterocycles. The number of hydrogen-bond donors (Lipinski definition) is 0. The molecule has 6 heteroatoms. The second-order valence-corrected chi connectivity index (χ2v) is 7.85. The number of rotatable bonds is 1. The summed E-state index contributed by atoms with van der Waals surface area (Å²) in [4.78, 5) is 52.5. The van der Waals surface area contributed by atoms with Gasteiger partial charge in [0.1, 0.15) is 0 Å². The molecule has 0 aromatic rings. The number of nitrogens with zero attached hydrogens (tertiary/aromatic N) is 2. The molecule has 5 atom stereocenters. The van der Waals surface area contributed by atoms with Crippen molar-refractivity contribution in [2.24, 2.45) is 29.6 Å². The highest BCUT2D eigenvalue weighted by Gasteiger charge is 2.58. The van der Waals surface area contributed by atoms with Gasteiger partial charge in [-0.3, -0.25) is 29.0 Å². The van der Waals surface area contributed by atoms with Gasteiger partial charge in [-0.25, -0.2) is 0 Å². The number of carbonyl (C=O) groups is 4. The van der Waals surface area contributed by atoms with E-state index < -0.39 is 5.92 Å². The lowest BCUT2D eigenvalue weighted by Gasteiger charge is -2.41. The highest BCUT2D eigenvalue weighted by atomic mass is 16.2. The normalized spacial score (nSPS) is 37.5. The van der Waals surface area contributed by atoms with Crippen LogP contribution in [0.15, 0.2) is 23.3 Å². The fourth-order valence-electron chi connectivity index (χ4n) is 5.33. The molecule has 25 heavy (non-hydrogen) atoms. The molecule has 132 valence electrons. The fourth-order valence-corrected chi connectivity index (χ4v) is 5.33. The van der Waals surface area contributed by atoms with Gasteiger partial charge >= 0.3 is 0 Å². The van der Waals surface area contributed by atoms with Crippen molar-refractivity contribution in [1.29, 1.82) is 0 Å². The Labute approximate surface area is 146 Å². The summed E-state index contributed by atoms with van der Waals surface area (Å²) in [5.41, 5.74) is 2.98. The third-order valence-electron chi connectivity index (χ3n) is 6.63. The van der Waals surface area contributed by atoms with E-state index in [2.05, 4.69) is 6.58 Å². The van der Waals surface area contributed by atoms with Gasteiger partial charge < -0.3 is 0 Å². The molecule has 1 saturated carbocycles. The largest absolute Gasteiger partial charge is 0.285 e. The van der Waals surface area contributed by atoms with Gasteiger partial charge in [-0.1, -0.05) is 17.7 Å². The van der Waals surface area contributed by atoms with Crippen LogP contribution in [0.3, 0.4) is 0 Å². The van der Waals surface area contributed by atoms with Crippen molar-refractivity contribution >= 4 is 23.6 Å². The van der Waals surface area contributed by atoms with Crippen molar-refractivity contribution in [3.8, 4) is 0 Å². The Kier molecular flexibility index (Phi) is 3.33. The second kappa shape index (κ2) is 5.13.